The average Bonchev–Trinajstić information content (AvgIpc) is 2.27. The van der Waals surface area contributed by atoms with Gasteiger partial charge in [0.2, 0.25) is 5.95 Å². The fourth-order valence-electron chi connectivity index (χ4n) is 0.993. The Kier molecular flexibility index (Phi) is 2.75. The summed E-state index contributed by atoms with van der Waals surface area (Å²) in [6, 6.07) is 0. The number of hydrogen-bond donors (Lipinski definition) is 2. The molecule has 0 saturated carbocycles. The molecule has 1 heterocycles. The van der Waals surface area contributed by atoms with E-state index < -0.39 is 0 Å². The highest BCUT2D eigenvalue weighted by Gasteiger charge is 2.11. The number of rotatable bonds is 2. The Bertz CT molecular complexity index is 331. The van der Waals surface area contributed by atoms with E-state index in [1.807, 2.05) is 4.57 Å². The molecule has 13 heavy (non-hydrogen) atoms. The Morgan fingerprint density at radius 2 is 2.15 bits per heavy atom. The van der Waals surface area contributed by atoms with Gasteiger partial charge in [0.25, 0.3) is 0 Å². The minimum atomic E-state index is 0.290. The normalized spacial score (nSPS) is 11.9. The molecule has 0 amide bonds. The maximum Gasteiger partial charge on any atom is 0.220 e. The summed E-state index contributed by atoms with van der Waals surface area (Å²) in [5.74, 6) is 0.467. The number of nitrogens with zero attached hydrogens (tertiary/aromatic N) is 2. The lowest BCUT2D eigenvalue weighted by Gasteiger charge is -2.17. The van der Waals surface area contributed by atoms with Crippen LogP contribution in [0.1, 0.15) is 27.2 Å². The summed E-state index contributed by atoms with van der Waals surface area (Å²) in [6.45, 7) is 7.39. The first-order valence-electron chi connectivity index (χ1n) is 4.31. The molecule has 3 N–H and O–H groups in total. The summed E-state index contributed by atoms with van der Waals surface area (Å²) in [6.07, 6.45) is 1.03. The van der Waals surface area contributed by atoms with Crippen LogP contribution >= 0.6 is 12.2 Å². The van der Waals surface area contributed by atoms with E-state index in [1.165, 1.54) is 0 Å². The second kappa shape index (κ2) is 3.49. The minimum absolute atomic E-state index is 0.290. The lowest BCUT2D eigenvalue weighted by Crippen LogP contribution is -2.12. The van der Waals surface area contributed by atoms with Gasteiger partial charge in [0.15, 0.2) is 4.77 Å². The summed E-state index contributed by atoms with van der Waals surface area (Å²) in [7, 11) is 0. The van der Waals surface area contributed by atoms with Crippen LogP contribution in [0.5, 0.6) is 0 Å². The van der Waals surface area contributed by atoms with E-state index in [0.717, 1.165) is 13.0 Å². The van der Waals surface area contributed by atoms with Crippen molar-refractivity contribution in [3.05, 3.63) is 4.77 Å². The van der Waals surface area contributed by atoms with Crippen molar-refractivity contribution < 1.29 is 0 Å². The van der Waals surface area contributed by atoms with Gasteiger partial charge in [-0.1, -0.05) is 20.8 Å². The molecule has 0 fully saturated rings. The zero-order chi connectivity index (χ0) is 10.1. The third-order valence-corrected chi connectivity index (χ3v) is 2.18. The molecule has 0 aromatic carbocycles. The highest BCUT2D eigenvalue weighted by atomic mass is 32.1. The number of aromatic nitrogens is 3. The molecule has 0 aliphatic heterocycles. The van der Waals surface area contributed by atoms with Crippen LogP contribution in [0.2, 0.25) is 0 Å². The molecule has 0 atom stereocenters. The van der Waals surface area contributed by atoms with Crippen LogP contribution in [0.4, 0.5) is 5.95 Å². The molecule has 74 valence electrons. The summed E-state index contributed by atoms with van der Waals surface area (Å²) < 4.78 is 2.42. The molecule has 0 unspecified atom stereocenters. The van der Waals surface area contributed by atoms with Crippen LogP contribution in [0.3, 0.4) is 0 Å². The molecule has 0 aliphatic carbocycles. The molecular formula is C8H16N4S. The van der Waals surface area contributed by atoms with Crippen molar-refractivity contribution in [2.24, 2.45) is 5.41 Å². The average molecular weight is 200 g/mol. The molecule has 1 aromatic heterocycles. The van der Waals surface area contributed by atoms with Crippen LogP contribution in [-0.2, 0) is 6.54 Å². The van der Waals surface area contributed by atoms with Crippen molar-refractivity contribution in [3.63, 3.8) is 0 Å². The quantitative estimate of drug-likeness (QED) is 0.717. The summed E-state index contributed by atoms with van der Waals surface area (Å²) in [5, 5.41) is 6.50. The van der Waals surface area contributed by atoms with Gasteiger partial charge in [-0.15, -0.1) is 5.10 Å². The maximum absolute atomic E-state index is 5.62. The van der Waals surface area contributed by atoms with Gasteiger partial charge in [-0.3, -0.25) is 4.57 Å². The van der Waals surface area contributed by atoms with Gasteiger partial charge in [0.05, 0.1) is 0 Å². The monoisotopic (exact) mass is 200 g/mol. The van der Waals surface area contributed by atoms with E-state index in [1.54, 1.807) is 0 Å². The summed E-state index contributed by atoms with van der Waals surface area (Å²) in [4.78, 5) is 0. The minimum Gasteiger partial charge on any atom is -0.368 e. The lowest BCUT2D eigenvalue weighted by molar-refractivity contribution is 0.350. The highest BCUT2D eigenvalue weighted by molar-refractivity contribution is 7.71. The first-order valence-corrected chi connectivity index (χ1v) is 4.72. The van der Waals surface area contributed by atoms with Gasteiger partial charge in [0, 0.05) is 6.54 Å². The van der Waals surface area contributed by atoms with Crippen LogP contribution in [0.25, 0.3) is 0 Å². The molecule has 0 bridgehead atoms. The van der Waals surface area contributed by atoms with Gasteiger partial charge in [-0.05, 0) is 24.1 Å². The number of nitrogens with two attached hydrogens (primary N) is 1. The van der Waals surface area contributed by atoms with Crippen LogP contribution in [0, 0.1) is 10.2 Å². The Hall–Kier alpha value is -0.840. The fraction of sp³-hybridized carbons (Fsp3) is 0.750. The number of hydrogen-bond acceptors (Lipinski definition) is 3. The number of H-pyrrole nitrogens is 1. The molecule has 0 aliphatic rings. The second-order valence-corrected chi connectivity index (χ2v) is 4.74. The Balaban J connectivity index is 2.70. The molecule has 0 spiro atoms. The number of aromatic amines is 1. The number of nitrogens with one attached hydrogen (secondary N) is 1. The Morgan fingerprint density at radius 3 is 2.54 bits per heavy atom. The van der Waals surface area contributed by atoms with Gasteiger partial charge in [-0.2, -0.15) is 0 Å². The van der Waals surface area contributed by atoms with Gasteiger partial charge >= 0.3 is 0 Å². The molecule has 4 nitrogen and oxygen atoms in total. The second-order valence-electron chi connectivity index (χ2n) is 4.35. The molecule has 1 aromatic rings. The van der Waals surface area contributed by atoms with Crippen LogP contribution < -0.4 is 5.73 Å². The number of anilines is 1. The van der Waals surface area contributed by atoms with E-state index in [-0.39, 0.29) is 0 Å². The van der Waals surface area contributed by atoms with Gasteiger partial charge < -0.3 is 5.73 Å². The summed E-state index contributed by atoms with van der Waals surface area (Å²) >= 11 is 5.03. The van der Waals surface area contributed by atoms with E-state index >= 15 is 0 Å². The van der Waals surface area contributed by atoms with Crippen molar-refractivity contribution in [2.45, 2.75) is 33.7 Å². The zero-order valence-corrected chi connectivity index (χ0v) is 9.11. The molecule has 5 heteroatoms. The topological polar surface area (TPSA) is 59.6 Å². The molecule has 0 saturated heterocycles. The highest BCUT2D eigenvalue weighted by Crippen LogP contribution is 2.19. The smallest absolute Gasteiger partial charge is 0.220 e. The Labute approximate surface area is 83.1 Å². The van der Waals surface area contributed by atoms with E-state index in [2.05, 4.69) is 31.0 Å². The number of nitrogen functional groups attached to an aromatic ring is 1. The van der Waals surface area contributed by atoms with E-state index in [0.29, 0.717) is 16.1 Å². The fourth-order valence-corrected chi connectivity index (χ4v) is 1.22. The summed E-state index contributed by atoms with van der Waals surface area (Å²) in [5.41, 5.74) is 5.91. The van der Waals surface area contributed by atoms with E-state index in [4.69, 9.17) is 18.0 Å². The van der Waals surface area contributed by atoms with Crippen molar-refractivity contribution in [1.82, 2.24) is 14.8 Å². The molecule has 1 rings (SSSR count). The predicted octanol–water partition coefficient (Wildman–Crippen LogP) is 1.96. The lowest BCUT2D eigenvalue weighted by atomic mass is 9.92. The van der Waals surface area contributed by atoms with Crippen molar-refractivity contribution >= 4 is 18.2 Å². The SMILES string of the molecule is CC(C)(C)CCn1c(N)n[nH]c1=S. The third-order valence-electron chi connectivity index (χ3n) is 1.87. The molecular weight excluding hydrogens is 184 g/mol. The van der Waals surface area contributed by atoms with Gasteiger partial charge in [-0.25, -0.2) is 5.10 Å². The Morgan fingerprint density at radius 1 is 1.54 bits per heavy atom. The van der Waals surface area contributed by atoms with Crippen molar-refractivity contribution in [1.29, 1.82) is 0 Å². The van der Waals surface area contributed by atoms with Crippen molar-refractivity contribution in [2.75, 3.05) is 5.73 Å². The largest absolute Gasteiger partial charge is 0.368 e. The van der Waals surface area contributed by atoms with Crippen LogP contribution in [0.15, 0.2) is 0 Å². The standard InChI is InChI=1S/C8H16N4S/c1-8(2,3)4-5-12-6(9)10-11-7(12)13/h4-5H2,1-3H3,(H2,9,10)(H,11,13). The van der Waals surface area contributed by atoms with Gasteiger partial charge in [0.1, 0.15) is 0 Å². The van der Waals surface area contributed by atoms with E-state index in [9.17, 15) is 0 Å². The predicted molar refractivity (Wildman–Crippen MR) is 55.9 cm³/mol. The molecule has 0 radical (unpaired) electrons. The van der Waals surface area contributed by atoms with Crippen LogP contribution in [-0.4, -0.2) is 14.8 Å². The van der Waals surface area contributed by atoms with Crippen molar-refractivity contribution in [3.8, 4) is 0 Å². The maximum atomic E-state index is 5.62. The zero-order valence-electron chi connectivity index (χ0n) is 8.29. The first-order chi connectivity index (χ1) is 5.90. The third kappa shape index (κ3) is 2.84. The first kappa shape index (κ1) is 10.2.